The zero-order valence-corrected chi connectivity index (χ0v) is 19.5. The van der Waals surface area contributed by atoms with Crippen molar-refractivity contribution in [2.75, 3.05) is 29.9 Å². The lowest BCUT2D eigenvalue weighted by molar-refractivity contribution is 0.102. The summed E-state index contributed by atoms with van der Waals surface area (Å²) >= 11 is 3.63. The predicted molar refractivity (Wildman–Crippen MR) is 129 cm³/mol. The first-order valence-corrected chi connectivity index (χ1v) is 12.4. The van der Waals surface area contributed by atoms with Crippen LogP contribution in [0.25, 0.3) is 0 Å². The van der Waals surface area contributed by atoms with Gasteiger partial charge in [-0.05, 0) is 55.3 Å². The van der Waals surface area contributed by atoms with E-state index in [1.807, 2.05) is 49.2 Å². The number of benzene rings is 2. The van der Waals surface area contributed by atoms with Gasteiger partial charge in [0.25, 0.3) is 5.91 Å². The standard InChI is InChI=1S/C24H27N3O2S2/c1-17-13-19(14-27-9-11-30-12-10-27)3-8-23(17)26-24(28)20-4-6-22(7-5-20)29-15-21-16-31-18(2)25-21/h3-8,13,16H,9-12,14-15H2,1-2H3,(H,26,28). The van der Waals surface area contributed by atoms with Crippen molar-refractivity contribution in [1.29, 1.82) is 0 Å². The molecule has 0 radical (unpaired) electrons. The fraction of sp³-hybridized carbons (Fsp3) is 0.333. The van der Waals surface area contributed by atoms with E-state index in [9.17, 15) is 4.79 Å². The normalized spacial score (nSPS) is 14.4. The van der Waals surface area contributed by atoms with Crippen LogP contribution < -0.4 is 10.1 Å². The number of aromatic nitrogens is 1. The number of thioether (sulfide) groups is 1. The Balaban J connectivity index is 1.32. The second-order valence-electron chi connectivity index (χ2n) is 7.66. The third-order valence-corrected chi connectivity index (χ3v) is 6.98. The highest BCUT2D eigenvalue weighted by atomic mass is 32.2. The number of carbonyl (C=O) groups is 1. The molecule has 1 fully saturated rings. The van der Waals surface area contributed by atoms with E-state index in [4.69, 9.17) is 4.74 Å². The summed E-state index contributed by atoms with van der Waals surface area (Å²) in [5.74, 6) is 3.02. The monoisotopic (exact) mass is 453 g/mol. The maximum absolute atomic E-state index is 12.7. The highest BCUT2D eigenvalue weighted by Crippen LogP contribution is 2.21. The molecular formula is C24H27N3O2S2. The molecule has 0 atom stereocenters. The molecule has 0 saturated carbocycles. The molecule has 1 aliphatic rings. The molecule has 1 saturated heterocycles. The first-order chi connectivity index (χ1) is 15.1. The molecule has 2 aromatic carbocycles. The Morgan fingerprint density at radius 1 is 1.13 bits per heavy atom. The second-order valence-corrected chi connectivity index (χ2v) is 9.95. The van der Waals surface area contributed by atoms with Crippen molar-refractivity contribution in [3.8, 4) is 5.75 Å². The number of amides is 1. The minimum Gasteiger partial charge on any atom is -0.487 e. The van der Waals surface area contributed by atoms with Crippen molar-refractivity contribution in [1.82, 2.24) is 9.88 Å². The van der Waals surface area contributed by atoms with Gasteiger partial charge in [-0.15, -0.1) is 11.3 Å². The smallest absolute Gasteiger partial charge is 0.255 e. The van der Waals surface area contributed by atoms with Crippen LogP contribution in [0.3, 0.4) is 0 Å². The number of rotatable bonds is 7. The Labute approximate surface area is 191 Å². The van der Waals surface area contributed by atoms with Gasteiger partial charge in [-0.2, -0.15) is 11.8 Å². The van der Waals surface area contributed by atoms with E-state index in [1.165, 1.54) is 17.1 Å². The SMILES string of the molecule is Cc1nc(COc2ccc(C(=O)Nc3ccc(CN4CCSCC4)cc3C)cc2)cs1. The highest BCUT2D eigenvalue weighted by molar-refractivity contribution is 7.99. The van der Waals surface area contributed by atoms with Gasteiger partial charge in [-0.1, -0.05) is 12.1 Å². The molecule has 1 amide bonds. The van der Waals surface area contributed by atoms with Crippen LogP contribution in [0.4, 0.5) is 5.69 Å². The van der Waals surface area contributed by atoms with Gasteiger partial charge in [0.1, 0.15) is 12.4 Å². The topological polar surface area (TPSA) is 54.5 Å². The van der Waals surface area contributed by atoms with Crippen LogP contribution in [-0.4, -0.2) is 40.4 Å². The number of ether oxygens (including phenoxy) is 1. The lowest BCUT2D eigenvalue weighted by Crippen LogP contribution is -2.31. The minimum atomic E-state index is -0.120. The lowest BCUT2D eigenvalue weighted by Gasteiger charge is -2.26. The molecule has 1 aromatic heterocycles. The molecule has 162 valence electrons. The predicted octanol–water partition coefficient (Wildman–Crippen LogP) is 5.14. The van der Waals surface area contributed by atoms with Crippen molar-refractivity contribution in [2.24, 2.45) is 0 Å². The summed E-state index contributed by atoms with van der Waals surface area (Å²) in [5.41, 5.74) is 4.74. The Hall–Kier alpha value is -2.35. The number of hydrogen-bond donors (Lipinski definition) is 1. The van der Waals surface area contributed by atoms with Gasteiger partial charge in [0.05, 0.1) is 10.7 Å². The van der Waals surface area contributed by atoms with Crippen LogP contribution in [0, 0.1) is 13.8 Å². The Morgan fingerprint density at radius 2 is 1.90 bits per heavy atom. The number of nitrogens with one attached hydrogen (secondary N) is 1. The van der Waals surface area contributed by atoms with Gasteiger partial charge in [0.15, 0.2) is 0 Å². The van der Waals surface area contributed by atoms with Gasteiger partial charge in [0, 0.05) is 47.8 Å². The first-order valence-electron chi connectivity index (χ1n) is 10.4. The van der Waals surface area contributed by atoms with E-state index < -0.39 is 0 Å². The molecule has 7 heteroatoms. The maximum Gasteiger partial charge on any atom is 0.255 e. The van der Waals surface area contributed by atoms with Gasteiger partial charge in [0.2, 0.25) is 0 Å². The molecule has 3 aromatic rings. The largest absolute Gasteiger partial charge is 0.487 e. The first kappa shape index (κ1) is 21.9. The van der Waals surface area contributed by atoms with E-state index in [2.05, 4.69) is 27.3 Å². The third kappa shape index (κ3) is 6.09. The number of carbonyl (C=O) groups excluding carboxylic acids is 1. The van der Waals surface area contributed by atoms with E-state index in [-0.39, 0.29) is 5.91 Å². The van der Waals surface area contributed by atoms with Crippen LogP contribution in [0.2, 0.25) is 0 Å². The summed E-state index contributed by atoms with van der Waals surface area (Å²) < 4.78 is 5.76. The summed E-state index contributed by atoms with van der Waals surface area (Å²) in [4.78, 5) is 19.6. The van der Waals surface area contributed by atoms with Gasteiger partial charge >= 0.3 is 0 Å². The summed E-state index contributed by atoms with van der Waals surface area (Å²) in [6.07, 6.45) is 0. The number of hydrogen-bond acceptors (Lipinski definition) is 6. The van der Waals surface area contributed by atoms with Gasteiger partial charge in [-0.25, -0.2) is 4.98 Å². The molecule has 0 aliphatic carbocycles. The summed E-state index contributed by atoms with van der Waals surface area (Å²) in [6, 6.07) is 13.5. The fourth-order valence-electron chi connectivity index (χ4n) is 3.51. The van der Waals surface area contributed by atoms with Crippen LogP contribution in [0.15, 0.2) is 47.8 Å². The van der Waals surface area contributed by atoms with Crippen molar-refractivity contribution in [3.63, 3.8) is 0 Å². The quantitative estimate of drug-likeness (QED) is 0.537. The molecule has 0 spiro atoms. The molecule has 31 heavy (non-hydrogen) atoms. The summed E-state index contributed by atoms with van der Waals surface area (Å²) in [5, 5.41) is 6.06. The van der Waals surface area contributed by atoms with Gasteiger partial charge < -0.3 is 10.1 Å². The molecule has 1 aliphatic heterocycles. The van der Waals surface area contributed by atoms with Crippen molar-refractivity contribution < 1.29 is 9.53 Å². The second kappa shape index (κ2) is 10.3. The van der Waals surface area contributed by atoms with Crippen LogP contribution in [0.5, 0.6) is 5.75 Å². The number of nitrogens with zero attached hydrogens (tertiary/aromatic N) is 2. The molecule has 5 nitrogen and oxygen atoms in total. The third-order valence-electron chi connectivity index (χ3n) is 5.22. The van der Waals surface area contributed by atoms with Crippen LogP contribution in [0.1, 0.15) is 32.2 Å². The molecular weight excluding hydrogens is 426 g/mol. The average molecular weight is 454 g/mol. The van der Waals surface area contributed by atoms with E-state index in [0.717, 1.165) is 47.3 Å². The maximum atomic E-state index is 12.7. The van der Waals surface area contributed by atoms with E-state index >= 15 is 0 Å². The minimum absolute atomic E-state index is 0.120. The fourth-order valence-corrected chi connectivity index (χ4v) is 5.09. The van der Waals surface area contributed by atoms with E-state index in [0.29, 0.717) is 12.2 Å². The van der Waals surface area contributed by atoms with Crippen molar-refractivity contribution in [3.05, 3.63) is 75.2 Å². The highest BCUT2D eigenvalue weighted by Gasteiger charge is 2.12. The van der Waals surface area contributed by atoms with Crippen LogP contribution >= 0.6 is 23.1 Å². The number of anilines is 1. The van der Waals surface area contributed by atoms with Crippen molar-refractivity contribution in [2.45, 2.75) is 27.0 Å². The van der Waals surface area contributed by atoms with Gasteiger partial charge in [-0.3, -0.25) is 9.69 Å². The molecule has 1 N–H and O–H groups in total. The molecule has 0 unspecified atom stereocenters. The summed E-state index contributed by atoms with van der Waals surface area (Å²) in [7, 11) is 0. The molecule has 4 rings (SSSR count). The number of thiazole rings is 1. The molecule has 0 bridgehead atoms. The molecule has 2 heterocycles. The Kier molecular flexibility index (Phi) is 7.27. The lowest BCUT2D eigenvalue weighted by atomic mass is 10.1. The Bertz CT molecular complexity index is 1030. The summed E-state index contributed by atoms with van der Waals surface area (Å²) in [6.45, 7) is 7.71. The van der Waals surface area contributed by atoms with E-state index in [1.54, 1.807) is 23.5 Å². The zero-order valence-electron chi connectivity index (χ0n) is 17.9. The van der Waals surface area contributed by atoms with Crippen LogP contribution in [-0.2, 0) is 13.2 Å². The average Bonchev–Trinajstić information content (AvgIpc) is 3.20. The number of aryl methyl sites for hydroxylation is 2. The van der Waals surface area contributed by atoms with Crippen molar-refractivity contribution >= 4 is 34.7 Å². The zero-order chi connectivity index (χ0) is 21.6. The Morgan fingerprint density at radius 3 is 2.58 bits per heavy atom.